The third-order valence-electron chi connectivity index (χ3n) is 2.47. The van der Waals surface area contributed by atoms with Gasteiger partial charge in [0.25, 0.3) is 0 Å². The normalized spacial score (nSPS) is 13.2. The summed E-state index contributed by atoms with van der Waals surface area (Å²) in [4.78, 5) is 6.24. The Kier molecular flexibility index (Phi) is 4.53. The van der Waals surface area contributed by atoms with E-state index in [4.69, 9.17) is 0 Å². The molecule has 0 amide bonds. The van der Waals surface area contributed by atoms with Crippen LogP contribution in [0.4, 0.5) is 26.3 Å². The van der Waals surface area contributed by atoms with E-state index >= 15 is 0 Å². The number of ether oxygens (including phenoxy) is 1. The molecule has 1 aromatic carbocycles. The zero-order valence-electron chi connectivity index (χ0n) is 10.7. The summed E-state index contributed by atoms with van der Waals surface area (Å²) in [5, 5.41) is 0. The molecule has 2 nitrogen and oxygen atoms in total. The number of hydrogen-bond acceptors (Lipinski definition) is 2. The lowest BCUT2D eigenvalue weighted by Gasteiger charge is -2.29. The quantitative estimate of drug-likeness (QED) is 0.349. The summed E-state index contributed by atoms with van der Waals surface area (Å²) in [6.07, 6.45) is -12.1. The molecule has 1 rings (SSSR count). The number of carbonyl (C=O) groups is 1. The van der Waals surface area contributed by atoms with Gasteiger partial charge >= 0.3 is 23.2 Å². The first kappa shape index (κ1) is 17.6. The number of esters is 1. The van der Waals surface area contributed by atoms with Crippen LogP contribution in [0.3, 0.4) is 0 Å². The molecule has 0 aromatic heterocycles. The molecule has 0 aliphatic rings. The van der Waals surface area contributed by atoms with Gasteiger partial charge in [0.2, 0.25) is 0 Å². The first-order chi connectivity index (χ1) is 9.29. The van der Waals surface area contributed by atoms with Crippen molar-refractivity contribution in [2.45, 2.75) is 31.1 Å². The van der Waals surface area contributed by atoms with E-state index in [2.05, 4.69) is 16.3 Å². The molecular weight excluding hydrogens is 326 g/mol. The predicted octanol–water partition coefficient (Wildman–Crippen LogP) is 4.31. The average molecular weight is 335 g/mol. The van der Waals surface area contributed by atoms with Crippen molar-refractivity contribution in [3.8, 4) is 5.75 Å². The molecule has 0 spiro atoms. The van der Waals surface area contributed by atoms with E-state index in [-0.39, 0.29) is 0 Å². The van der Waals surface area contributed by atoms with Crippen molar-refractivity contribution in [2.24, 2.45) is 0 Å². The smallest absolute Gasteiger partial charge is 0.425 e. The van der Waals surface area contributed by atoms with Crippen LogP contribution in [0.1, 0.15) is 11.1 Å². The summed E-state index contributed by atoms with van der Waals surface area (Å²) in [5.41, 5.74) is 0.994. The SMILES string of the molecule is Cc1cc(C)cc(OC(=O)C(Cl)(C(F)(F)F)C(F)(F)F)c1. The number of carbonyl (C=O) groups excluding carboxylic acids is 1. The maximum Gasteiger partial charge on any atom is 0.427 e. The maximum atomic E-state index is 12.6. The van der Waals surface area contributed by atoms with Crippen LogP contribution in [-0.2, 0) is 4.79 Å². The Balaban J connectivity index is 3.20. The molecule has 0 saturated heterocycles. The Labute approximate surface area is 120 Å². The highest BCUT2D eigenvalue weighted by atomic mass is 35.5. The Morgan fingerprint density at radius 1 is 0.952 bits per heavy atom. The van der Waals surface area contributed by atoms with Gasteiger partial charge in [-0.3, -0.25) is 0 Å². The van der Waals surface area contributed by atoms with Crippen LogP contribution in [0.25, 0.3) is 0 Å². The lowest BCUT2D eigenvalue weighted by atomic mass is 10.1. The topological polar surface area (TPSA) is 26.3 Å². The van der Waals surface area contributed by atoms with E-state index in [0.717, 1.165) is 12.1 Å². The van der Waals surface area contributed by atoms with Gasteiger partial charge in [0.1, 0.15) is 5.75 Å². The summed E-state index contributed by atoms with van der Waals surface area (Å²) in [5.74, 6) is -3.09. The highest BCUT2D eigenvalue weighted by molar-refractivity contribution is 6.35. The zero-order chi connectivity index (χ0) is 16.6. The molecule has 0 aliphatic heterocycles. The van der Waals surface area contributed by atoms with Crippen molar-refractivity contribution < 1.29 is 35.9 Å². The third kappa shape index (κ3) is 3.42. The van der Waals surface area contributed by atoms with Crippen molar-refractivity contribution in [2.75, 3.05) is 0 Å². The molecule has 0 bridgehead atoms. The molecule has 118 valence electrons. The van der Waals surface area contributed by atoms with E-state index in [0.29, 0.717) is 11.1 Å². The summed E-state index contributed by atoms with van der Waals surface area (Å²) in [6, 6.07) is 3.84. The molecule has 9 heteroatoms. The van der Waals surface area contributed by atoms with Gasteiger partial charge in [0.15, 0.2) is 0 Å². The molecule has 0 heterocycles. The summed E-state index contributed by atoms with van der Waals surface area (Å²) in [6.45, 7) is 3.07. The third-order valence-corrected chi connectivity index (χ3v) is 3.05. The van der Waals surface area contributed by atoms with Gasteiger partial charge in [-0.25, -0.2) is 4.79 Å². The molecule has 1 aromatic rings. The minimum atomic E-state index is -6.05. The highest BCUT2D eigenvalue weighted by Crippen LogP contribution is 2.48. The second-order valence-electron chi connectivity index (χ2n) is 4.37. The van der Waals surface area contributed by atoms with E-state index < -0.39 is 28.9 Å². The van der Waals surface area contributed by atoms with Gasteiger partial charge in [-0.2, -0.15) is 26.3 Å². The lowest BCUT2D eigenvalue weighted by molar-refractivity contribution is -0.265. The Morgan fingerprint density at radius 2 is 1.33 bits per heavy atom. The second kappa shape index (κ2) is 5.40. The van der Waals surface area contributed by atoms with Gasteiger partial charge in [0.05, 0.1) is 0 Å². The monoisotopic (exact) mass is 334 g/mol. The van der Waals surface area contributed by atoms with Gasteiger partial charge in [-0.05, 0) is 37.1 Å². The van der Waals surface area contributed by atoms with Crippen LogP contribution >= 0.6 is 11.6 Å². The number of benzene rings is 1. The van der Waals surface area contributed by atoms with E-state index in [1.54, 1.807) is 6.07 Å². The van der Waals surface area contributed by atoms with Crippen molar-refractivity contribution in [3.63, 3.8) is 0 Å². The molecule has 0 unspecified atom stereocenters. The fraction of sp³-hybridized carbons (Fsp3) is 0.417. The molecule has 0 radical (unpaired) electrons. The largest absolute Gasteiger partial charge is 0.427 e. The molecule has 0 saturated carbocycles. The Hall–Kier alpha value is -1.44. The highest BCUT2D eigenvalue weighted by Gasteiger charge is 2.76. The van der Waals surface area contributed by atoms with Crippen molar-refractivity contribution >= 4 is 17.6 Å². The van der Waals surface area contributed by atoms with E-state index in [1.165, 1.54) is 13.8 Å². The summed E-state index contributed by atoms with van der Waals surface area (Å²) < 4.78 is 79.5. The molecule has 21 heavy (non-hydrogen) atoms. The second-order valence-corrected chi connectivity index (χ2v) is 4.93. The van der Waals surface area contributed by atoms with Gasteiger partial charge in [-0.1, -0.05) is 17.7 Å². The number of rotatable bonds is 2. The fourth-order valence-corrected chi connectivity index (χ4v) is 1.60. The molecule has 0 atom stereocenters. The number of halogens is 7. The Bertz CT molecular complexity index is 515. The van der Waals surface area contributed by atoms with Crippen LogP contribution in [-0.4, -0.2) is 23.2 Å². The van der Waals surface area contributed by atoms with Gasteiger partial charge < -0.3 is 4.74 Å². The lowest BCUT2D eigenvalue weighted by Crippen LogP contribution is -2.59. The van der Waals surface area contributed by atoms with Gasteiger partial charge in [-0.15, -0.1) is 0 Å². The minimum absolute atomic E-state index is 0.448. The molecule has 0 aliphatic carbocycles. The molecular formula is C12H9ClF6O2. The molecule has 0 fully saturated rings. The van der Waals surface area contributed by atoms with Crippen molar-refractivity contribution in [1.29, 1.82) is 0 Å². The van der Waals surface area contributed by atoms with Crippen molar-refractivity contribution in [1.82, 2.24) is 0 Å². The molecule has 0 N–H and O–H groups in total. The van der Waals surface area contributed by atoms with Crippen LogP contribution < -0.4 is 4.74 Å². The fourth-order valence-electron chi connectivity index (χ4n) is 1.56. The van der Waals surface area contributed by atoms with Crippen LogP contribution in [0, 0.1) is 13.8 Å². The number of aryl methyl sites for hydroxylation is 2. The van der Waals surface area contributed by atoms with Crippen LogP contribution in [0.5, 0.6) is 5.75 Å². The predicted molar refractivity (Wildman–Crippen MR) is 62.2 cm³/mol. The van der Waals surface area contributed by atoms with E-state index in [1.807, 2.05) is 0 Å². The van der Waals surface area contributed by atoms with Crippen LogP contribution in [0.2, 0.25) is 0 Å². The number of alkyl halides is 7. The summed E-state index contributed by atoms with van der Waals surface area (Å²) in [7, 11) is 0. The van der Waals surface area contributed by atoms with Gasteiger partial charge in [0, 0.05) is 0 Å². The van der Waals surface area contributed by atoms with Crippen LogP contribution in [0.15, 0.2) is 18.2 Å². The van der Waals surface area contributed by atoms with E-state index in [9.17, 15) is 31.1 Å². The number of hydrogen-bond donors (Lipinski definition) is 0. The maximum absolute atomic E-state index is 12.6. The Morgan fingerprint density at radius 3 is 1.67 bits per heavy atom. The average Bonchev–Trinajstić information content (AvgIpc) is 2.22. The first-order valence-corrected chi connectivity index (χ1v) is 5.80. The van der Waals surface area contributed by atoms with Crippen molar-refractivity contribution in [3.05, 3.63) is 29.3 Å². The minimum Gasteiger partial charge on any atom is -0.425 e. The standard InChI is InChI=1S/C12H9ClF6O2/c1-6-3-7(2)5-8(4-6)21-9(20)10(13,11(14,15)16)12(17,18)19/h3-5H,1-2H3. The zero-order valence-corrected chi connectivity index (χ0v) is 11.5. The summed E-state index contributed by atoms with van der Waals surface area (Å²) >= 11 is 4.55. The first-order valence-electron chi connectivity index (χ1n) is 5.42.